The zero-order valence-corrected chi connectivity index (χ0v) is 9.87. The van der Waals surface area contributed by atoms with Gasteiger partial charge in [0.25, 0.3) is 0 Å². The van der Waals surface area contributed by atoms with Crippen LogP contribution in [0.3, 0.4) is 0 Å². The van der Waals surface area contributed by atoms with E-state index in [0.29, 0.717) is 0 Å². The summed E-state index contributed by atoms with van der Waals surface area (Å²) in [5.41, 5.74) is -0.0942. The maximum atomic E-state index is 13.0. The van der Waals surface area contributed by atoms with E-state index in [9.17, 15) is 9.18 Å². The molecule has 0 aliphatic rings. The minimum atomic E-state index is -1.84. The van der Waals surface area contributed by atoms with Crippen LogP contribution >= 0.6 is 0 Å². The van der Waals surface area contributed by atoms with E-state index in [-0.39, 0.29) is 11.3 Å². The van der Waals surface area contributed by atoms with E-state index in [1.54, 1.807) is 0 Å². The molecule has 0 aliphatic carbocycles. The second kappa shape index (κ2) is 4.02. The quantitative estimate of drug-likeness (QED) is 0.809. The standard InChI is InChI=1S/C10H13FO3Si/c1-15(2,3)14-9-5-7(10(12)13)4-8(11)6-9/h4-6H,1-3H3,(H,12,13). The van der Waals surface area contributed by atoms with Gasteiger partial charge in [0, 0.05) is 6.07 Å². The summed E-state index contributed by atoms with van der Waals surface area (Å²) in [5, 5.41) is 8.72. The minimum absolute atomic E-state index is 0.0942. The summed E-state index contributed by atoms with van der Waals surface area (Å²) in [6.07, 6.45) is 0. The molecule has 1 N–H and O–H groups in total. The van der Waals surface area contributed by atoms with Gasteiger partial charge in [-0.25, -0.2) is 9.18 Å². The highest BCUT2D eigenvalue weighted by atomic mass is 28.4. The van der Waals surface area contributed by atoms with Gasteiger partial charge >= 0.3 is 5.97 Å². The van der Waals surface area contributed by atoms with Crippen LogP contribution in [0.15, 0.2) is 18.2 Å². The Labute approximate surface area is 88.6 Å². The van der Waals surface area contributed by atoms with Crippen molar-refractivity contribution in [1.29, 1.82) is 0 Å². The van der Waals surface area contributed by atoms with Gasteiger partial charge in [-0.3, -0.25) is 0 Å². The molecule has 1 rings (SSSR count). The maximum Gasteiger partial charge on any atom is 0.335 e. The van der Waals surface area contributed by atoms with E-state index in [0.717, 1.165) is 6.07 Å². The third-order valence-electron chi connectivity index (χ3n) is 1.54. The van der Waals surface area contributed by atoms with Crippen molar-refractivity contribution in [2.45, 2.75) is 19.6 Å². The van der Waals surface area contributed by atoms with Crippen LogP contribution < -0.4 is 4.43 Å². The molecule has 0 spiro atoms. The predicted octanol–water partition coefficient (Wildman–Crippen LogP) is 2.74. The van der Waals surface area contributed by atoms with Gasteiger partial charge in [-0.05, 0) is 31.8 Å². The Morgan fingerprint density at radius 1 is 1.33 bits per heavy atom. The number of carboxylic acids is 1. The summed E-state index contributed by atoms with van der Waals surface area (Å²) < 4.78 is 18.5. The van der Waals surface area contributed by atoms with Gasteiger partial charge in [-0.1, -0.05) is 0 Å². The molecule has 1 aromatic rings. The van der Waals surface area contributed by atoms with Crippen LogP contribution in [0, 0.1) is 5.82 Å². The fourth-order valence-corrected chi connectivity index (χ4v) is 1.92. The number of benzene rings is 1. The molecule has 0 unspecified atom stereocenters. The monoisotopic (exact) mass is 228 g/mol. The summed E-state index contributed by atoms with van der Waals surface area (Å²) >= 11 is 0. The van der Waals surface area contributed by atoms with Gasteiger partial charge in [0.1, 0.15) is 11.6 Å². The van der Waals surface area contributed by atoms with Crippen LogP contribution in [-0.4, -0.2) is 19.4 Å². The molecule has 0 saturated heterocycles. The summed E-state index contributed by atoms with van der Waals surface area (Å²) in [7, 11) is -1.84. The molecule has 0 heterocycles. The first-order valence-corrected chi connectivity index (χ1v) is 7.92. The molecule has 0 radical (unpaired) electrons. The van der Waals surface area contributed by atoms with Crippen LogP contribution in [0.5, 0.6) is 5.75 Å². The largest absolute Gasteiger partial charge is 0.544 e. The average Bonchev–Trinajstić information content (AvgIpc) is 1.99. The second-order valence-electron chi connectivity index (χ2n) is 4.20. The number of hydrogen-bond acceptors (Lipinski definition) is 2. The minimum Gasteiger partial charge on any atom is -0.544 e. The summed E-state index contributed by atoms with van der Waals surface area (Å²) in [6, 6.07) is 3.51. The zero-order valence-electron chi connectivity index (χ0n) is 8.87. The van der Waals surface area contributed by atoms with Crippen LogP contribution in [0.2, 0.25) is 19.6 Å². The van der Waals surface area contributed by atoms with Crippen LogP contribution in [-0.2, 0) is 0 Å². The average molecular weight is 228 g/mol. The van der Waals surface area contributed by atoms with Crippen molar-refractivity contribution in [3.05, 3.63) is 29.6 Å². The normalized spacial score (nSPS) is 11.2. The molecule has 82 valence electrons. The van der Waals surface area contributed by atoms with Crippen molar-refractivity contribution in [3.8, 4) is 5.75 Å². The van der Waals surface area contributed by atoms with Gasteiger partial charge in [-0.15, -0.1) is 0 Å². The number of carbonyl (C=O) groups is 1. The van der Waals surface area contributed by atoms with E-state index >= 15 is 0 Å². The fraction of sp³-hybridized carbons (Fsp3) is 0.300. The highest BCUT2D eigenvalue weighted by Gasteiger charge is 2.17. The third-order valence-corrected chi connectivity index (χ3v) is 2.39. The molecular weight excluding hydrogens is 215 g/mol. The Morgan fingerprint density at radius 3 is 2.40 bits per heavy atom. The fourth-order valence-electron chi connectivity index (χ4n) is 1.10. The topological polar surface area (TPSA) is 46.5 Å². The van der Waals surface area contributed by atoms with Gasteiger partial charge in [0.05, 0.1) is 5.56 Å². The van der Waals surface area contributed by atoms with E-state index < -0.39 is 20.1 Å². The molecule has 0 atom stereocenters. The zero-order chi connectivity index (χ0) is 11.6. The van der Waals surface area contributed by atoms with Crippen LogP contribution in [0.4, 0.5) is 4.39 Å². The Hall–Kier alpha value is -1.36. The lowest BCUT2D eigenvalue weighted by Gasteiger charge is -2.19. The van der Waals surface area contributed by atoms with E-state index in [4.69, 9.17) is 9.53 Å². The lowest BCUT2D eigenvalue weighted by Crippen LogP contribution is -2.29. The van der Waals surface area contributed by atoms with E-state index in [2.05, 4.69) is 0 Å². The smallest absolute Gasteiger partial charge is 0.335 e. The summed E-state index contributed by atoms with van der Waals surface area (Å²) in [6.45, 7) is 5.83. The SMILES string of the molecule is C[Si](C)(C)Oc1cc(F)cc(C(=O)O)c1. The Morgan fingerprint density at radius 2 is 1.93 bits per heavy atom. The van der Waals surface area contributed by atoms with Crippen molar-refractivity contribution in [2.24, 2.45) is 0 Å². The van der Waals surface area contributed by atoms with Crippen molar-refractivity contribution in [3.63, 3.8) is 0 Å². The van der Waals surface area contributed by atoms with Gasteiger partial charge in [0.2, 0.25) is 8.32 Å². The van der Waals surface area contributed by atoms with Crippen molar-refractivity contribution < 1.29 is 18.7 Å². The molecule has 0 aromatic heterocycles. The van der Waals surface area contributed by atoms with Crippen molar-refractivity contribution in [2.75, 3.05) is 0 Å². The van der Waals surface area contributed by atoms with Crippen molar-refractivity contribution in [1.82, 2.24) is 0 Å². The number of aromatic carboxylic acids is 1. The highest BCUT2D eigenvalue weighted by Crippen LogP contribution is 2.19. The number of carboxylic acid groups (broad SMARTS) is 1. The predicted molar refractivity (Wildman–Crippen MR) is 57.3 cm³/mol. The summed E-state index contributed by atoms with van der Waals surface area (Å²) in [4.78, 5) is 10.7. The number of halogens is 1. The Kier molecular flexibility index (Phi) is 3.14. The second-order valence-corrected chi connectivity index (χ2v) is 8.62. The third kappa shape index (κ3) is 3.71. The Bertz CT molecular complexity index is 385. The molecule has 5 heteroatoms. The lowest BCUT2D eigenvalue weighted by molar-refractivity contribution is 0.0696. The first-order chi connectivity index (χ1) is 6.78. The molecule has 0 bridgehead atoms. The maximum absolute atomic E-state index is 13.0. The summed E-state index contributed by atoms with van der Waals surface area (Å²) in [5.74, 6) is -1.47. The van der Waals surface area contributed by atoms with Crippen molar-refractivity contribution >= 4 is 14.3 Å². The van der Waals surface area contributed by atoms with Gasteiger partial charge in [0.15, 0.2) is 0 Å². The first kappa shape index (κ1) is 11.7. The number of rotatable bonds is 3. The van der Waals surface area contributed by atoms with E-state index in [1.165, 1.54) is 12.1 Å². The Balaban J connectivity index is 3.04. The van der Waals surface area contributed by atoms with Crippen LogP contribution in [0.1, 0.15) is 10.4 Å². The molecule has 0 amide bonds. The molecule has 1 aromatic carbocycles. The molecule has 3 nitrogen and oxygen atoms in total. The first-order valence-electron chi connectivity index (χ1n) is 4.51. The van der Waals surface area contributed by atoms with Gasteiger partial charge in [-0.2, -0.15) is 0 Å². The van der Waals surface area contributed by atoms with Crippen LogP contribution in [0.25, 0.3) is 0 Å². The highest BCUT2D eigenvalue weighted by molar-refractivity contribution is 6.70. The lowest BCUT2D eigenvalue weighted by atomic mass is 10.2. The molecule has 0 aliphatic heterocycles. The molecular formula is C10H13FO3Si. The van der Waals surface area contributed by atoms with Gasteiger partial charge < -0.3 is 9.53 Å². The van der Waals surface area contributed by atoms with E-state index in [1.807, 2.05) is 19.6 Å². The molecule has 0 fully saturated rings. The number of hydrogen-bond donors (Lipinski definition) is 1. The molecule has 15 heavy (non-hydrogen) atoms. The molecule has 0 saturated carbocycles.